The summed E-state index contributed by atoms with van der Waals surface area (Å²) in [6.07, 6.45) is 3.77. The van der Waals surface area contributed by atoms with Crippen LogP contribution in [0.4, 0.5) is 0 Å². The predicted molar refractivity (Wildman–Crippen MR) is 99.6 cm³/mol. The van der Waals surface area contributed by atoms with Gasteiger partial charge >= 0.3 is 0 Å². The van der Waals surface area contributed by atoms with Crippen molar-refractivity contribution in [3.8, 4) is 0 Å². The molecule has 2 heterocycles. The Morgan fingerprint density at radius 1 is 1.16 bits per heavy atom. The highest BCUT2D eigenvalue weighted by Crippen LogP contribution is 2.24. The van der Waals surface area contributed by atoms with Gasteiger partial charge < -0.3 is 5.32 Å². The molecule has 0 spiro atoms. The second kappa shape index (κ2) is 7.83. The molecule has 1 unspecified atom stereocenters. The minimum absolute atomic E-state index is 0.0268. The number of benzene rings is 1. The Balaban J connectivity index is 1.75. The summed E-state index contributed by atoms with van der Waals surface area (Å²) in [5.74, 6) is -0.0268. The smallest absolute Gasteiger partial charge is 0.255 e. The Morgan fingerprint density at radius 2 is 1.84 bits per heavy atom. The van der Waals surface area contributed by atoms with Gasteiger partial charge in [0.2, 0.25) is 0 Å². The summed E-state index contributed by atoms with van der Waals surface area (Å²) < 4.78 is 1.77. The molecule has 1 N–H and O–H groups in total. The summed E-state index contributed by atoms with van der Waals surface area (Å²) >= 11 is 0. The highest BCUT2D eigenvalue weighted by atomic mass is 16.1. The normalized spacial score (nSPS) is 16.6. The molecule has 5 nitrogen and oxygen atoms in total. The van der Waals surface area contributed by atoms with Crippen molar-refractivity contribution >= 4 is 5.91 Å². The third-order valence-electron chi connectivity index (χ3n) is 5.21. The quantitative estimate of drug-likeness (QED) is 0.910. The molecule has 1 amide bonds. The number of rotatable bonds is 5. The van der Waals surface area contributed by atoms with E-state index in [4.69, 9.17) is 0 Å². The van der Waals surface area contributed by atoms with Crippen LogP contribution in [0.5, 0.6) is 0 Å². The van der Waals surface area contributed by atoms with E-state index in [0.717, 1.165) is 24.5 Å². The van der Waals surface area contributed by atoms with Gasteiger partial charge in [0.15, 0.2) is 0 Å². The maximum Gasteiger partial charge on any atom is 0.255 e. The van der Waals surface area contributed by atoms with Crippen LogP contribution in [0, 0.1) is 13.8 Å². The molecule has 0 saturated carbocycles. The number of piperidine rings is 1. The predicted octanol–water partition coefficient (Wildman–Crippen LogP) is 2.99. The van der Waals surface area contributed by atoms with Crippen molar-refractivity contribution < 1.29 is 4.79 Å². The Morgan fingerprint density at radius 3 is 2.44 bits per heavy atom. The lowest BCUT2D eigenvalue weighted by molar-refractivity contribution is 0.0923. The lowest BCUT2D eigenvalue weighted by Crippen LogP contribution is -2.40. The second-order valence-corrected chi connectivity index (χ2v) is 6.90. The highest BCUT2D eigenvalue weighted by Gasteiger charge is 2.24. The van der Waals surface area contributed by atoms with Crippen molar-refractivity contribution in [1.82, 2.24) is 20.0 Å². The molecule has 0 radical (unpaired) electrons. The molecule has 1 aliphatic rings. The van der Waals surface area contributed by atoms with E-state index in [0.29, 0.717) is 12.1 Å². The number of hydrogen-bond acceptors (Lipinski definition) is 3. The summed E-state index contributed by atoms with van der Waals surface area (Å²) in [4.78, 5) is 15.2. The van der Waals surface area contributed by atoms with E-state index in [1.54, 1.807) is 4.68 Å². The van der Waals surface area contributed by atoms with Gasteiger partial charge in [-0.2, -0.15) is 5.10 Å². The number of aromatic nitrogens is 2. The number of likely N-dealkylation sites (tertiary alicyclic amines) is 1. The van der Waals surface area contributed by atoms with E-state index in [9.17, 15) is 4.79 Å². The lowest BCUT2D eigenvalue weighted by atomic mass is 10.0. The SMILES string of the molecule is Cc1nn(C)c(C)c1C(=O)NCC(c1ccccc1)N1CCCCC1. The van der Waals surface area contributed by atoms with E-state index in [1.165, 1.54) is 24.8 Å². The number of hydrogen-bond donors (Lipinski definition) is 1. The van der Waals surface area contributed by atoms with Crippen LogP contribution in [0.1, 0.15) is 52.6 Å². The summed E-state index contributed by atoms with van der Waals surface area (Å²) in [5.41, 5.74) is 3.66. The molecule has 0 aliphatic carbocycles. The average molecular weight is 340 g/mol. The molecule has 25 heavy (non-hydrogen) atoms. The molecule has 2 aromatic rings. The molecule has 1 aromatic carbocycles. The number of carbonyl (C=O) groups excluding carboxylic acids is 1. The van der Waals surface area contributed by atoms with Gasteiger partial charge in [-0.3, -0.25) is 14.4 Å². The fourth-order valence-electron chi connectivity index (χ4n) is 3.74. The Bertz CT molecular complexity index is 717. The van der Waals surface area contributed by atoms with E-state index in [-0.39, 0.29) is 11.9 Å². The van der Waals surface area contributed by atoms with Crippen LogP contribution in [0.25, 0.3) is 0 Å². The molecule has 1 aliphatic heterocycles. The zero-order valence-electron chi connectivity index (χ0n) is 15.5. The first-order valence-corrected chi connectivity index (χ1v) is 9.15. The van der Waals surface area contributed by atoms with Crippen molar-refractivity contribution in [1.29, 1.82) is 0 Å². The van der Waals surface area contributed by atoms with Crippen LogP contribution < -0.4 is 5.32 Å². The Kier molecular flexibility index (Phi) is 5.53. The fraction of sp³-hybridized carbons (Fsp3) is 0.500. The monoisotopic (exact) mass is 340 g/mol. The molecule has 134 valence electrons. The number of nitrogens with zero attached hydrogens (tertiary/aromatic N) is 3. The molecule has 1 atom stereocenters. The molecular weight excluding hydrogens is 312 g/mol. The standard InChI is InChI=1S/C20H28N4O/c1-15-19(16(2)23(3)22-15)20(25)21-14-18(17-10-6-4-7-11-17)24-12-8-5-9-13-24/h4,6-7,10-11,18H,5,8-9,12-14H2,1-3H3,(H,21,25). The van der Waals surface area contributed by atoms with Crippen molar-refractivity contribution in [3.05, 3.63) is 52.8 Å². The summed E-state index contributed by atoms with van der Waals surface area (Å²) in [6, 6.07) is 10.7. The van der Waals surface area contributed by atoms with Gasteiger partial charge in [-0.25, -0.2) is 0 Å². The number of carbonyl (C=O) groups is 1. The van der Waals surface area contributed by atoms with Crippen LogP contribution in [-0.4, -0.2) is 40.2 Å². The van der Waals surface area contributed by atoms with Crippen LogP contribution >= 0.6 is 0 Å². The first kappa shape index (κ1) is 17.7. The number of nitrogens with one attached hydrogen (secondary N) is 1. The Labute approximate surface area is 150 Å². The van der Waals surface area contributed by atoms with E-state index in [1.807, 2.05) is 27.0 Å². The zero-order valence-corrected chi connectivity index (χ0v) is 15.5. The minimum atomic E-state index is -0.0268. The number of aryl methyl sites for hydroxylation is 2. The largest absolute Gasteiger partial charge is 0.350 e. The molecule has 5 heteroatoms. The summed E-state index contributed by atoms with van der Waals surface area (Å²) in [6.45, 7) is 6.65. The molecule has 1 aromatic heterocycles. The van der Waals surface area contributed by atoms with Gasteiger partial charge in [0, 0.05) is 19.3 Å². The topological polar surface area (TPSA) is 50.2 Å². The molecular formula is C20H28N4O. The summed E-state index contributed by atoms with van der Waals surface area (Å²) in [5, 5.41) is 7.51. The minimum Gasteiger partial charge on any atom is -0.350 e. The fourth-order valence-corrected chi connectivity index (χ4v) is 3.74. The maximum atomic E-state index is 12.7. The van der Waals surface area contributed by atoms with Crippen LogP contribution in [-0.2, 0) is 7.05 Å². The average Bonchev–Trinajstić information content (AvgIpc) is 2.89. The van der Waals surface area contributed by atoms with E-state index < -0.39 is 0 Å². The number of amides is 1. The third kappa shape index (κ3) is 3.93. The van der Waals surface area contributed by atoms with Crippen LogP contribution in [0.2, 0.25) is 0 Å². The van der Waals surface area contributed by atoms with Gasteiger partial charge in [0.05, 0.1) is 17.3 Å². The van der Waals surface area contributed by atoms with E-state index in [2.05, 4.69) is 39.6 Å². The molecule has 1 saturated heterocycles. The first-order chi connectivity index (χ1) is 12.1. The Hall–Kier alpha value is -2.14. The van der Waals surface area contributed by atoms with Gasteiger partial charge in [0.1, 0.15) is 0 Å². The van der Waals surface area contributed by atoms with Crippen molar-refractivity contribution in [2.75, 3.05) is 19.6 Å². The first-order valence-electron chi connectivity index (χ1n) is 9.15. The van der Waals surface area contributed by atoms with Crippen molar-refractivity contribution in [3.63, 3.8) is 0 Å². The van der Waals surface area contributed by atoms with Crippen molar-refractivity contribution in [2.24, 2.45) is 7.05 Å². The summed E-state index contributed by atoms with van der Waals surface area (Å²) in [7, 11) is 1.87. The third-order valence-corrected chi connectivity index (χ3v) is 5.21. The van der Waals surface area contributed by atoms with Gasteiger partial charge in [-0.1, -0.05) is 36.8 Å². The van der Waals surface area contributed by atoms with Gasteiger partial charge in [-0.05, 0) is 45.3 Å². The lowest BCUT2D eigenvalue weighted by Gasteiger charge is -2.35. The second-order valence-electron chi connectivity index (χ2n) is 6.90. The van der Waals surface area contributed by atoms with Gasteiger partial charge in [0.25, 0.3) is 5.91 Å². The molecule has 1 fully saturated rings. The van der Waals surface area contributed by atoms with Crippen LogP contribution in [0.15, 0.2) is 30.3 Å². The van der Waals surface area contributed by atoms with Crippen molar-refractivity contribution in [2.45, 2.75) is 39.2 Å². The van der Waals surface area contributed by atoms with Crippen LogP contribution in [0.3, 0.4) is 0 Å². The molecule has 3 rings (SSSR count). The zero-order chi connectivity index (χ0) is 17.8. The molecule has 0 bridgehead atoms. The van der Waals surface area contributed by atoms with Gasteiger partial charge in [-0.15, -0.1) is 0 Å². The maximum absolute atomic E-state index is 12.7. The van der Waals surface area contributed by atoms with E-state index >= 15 is 0 Å². The highest BCUT2D eigenvalue weighted by molar-refractivity contribution is 5.96.